The zero-order chi connectivity index (χ0) is 10.9. The van der Waals surface area contributed by atoms with Gasteiger partial charge in [0, 0.05) is 6.42 Å². The topological polar surface area (TPSA) is 9.23 Å². The molecule has 2 rings (SSSR count). The SMILES string of the molecule is C=C1[CH]C=CC=C1OC.[Cl-].[Cl-].[Sn+2].[c]1ccccc1. The van der Waals surface area contributed by atoms with Gasteiger partial charge in [-0.1, -0.05) is 49.1 Å². The van der Waals surface area contributed by atoms with Crippen LogP contribution >= 0.6 is 0 Å². The third-order valence-electron chi connectivity index (χ3n) is 1.80. The monoisotopic (exact) mass is 388 g/mol. The van der Waals surface area contributed by atoms with Crippen molar-refractivity contribution in [2.45, 2.75) is 0 Å². The Hall–Kier alpha value is -0.381. The minimum atomic E-state index is 0. The van der Waals surface area contributed by atoms with Crippen molar-refractivity contribution in [2.24, 2.45) is 0 Å². The first-order valence-electron chi connectivity index (χ1n) is 4.70. The van der Waals surface area contributed by atoms with Gasteiger partial charge in [0.1, 0.15) is 5.76 Å². The molecule has 0 saturated carbocycles. The molecule has 0 fully saturated rings. The molecular weight excluding hydrogens is 374 g/mol. The zero-order valence-electron chi connectivity index (χ0n) is 10.1. The fraction of sp³-hybridized carbons (Fsp3) is 0.0714. The van der Waals surface area contributed by atoms with Gasteiger partial charge in [-0.2, -0.15) is 0 Å². The first-order valence-corrected chi connectivity index (χ1v) is 4.70. The maximum Gasteiger partial charge on any atom is 2.00 e. The number of halogens is 2. The molecule has 0 N–H and O–H groups in total. The minimum Gasteiger partial charge on any atom is -1.00 e. The summed E-state index contributed by atoms with van der Waals surface area (Å²) in [5.74, 6) is 0.845. The van der Waals surface area contributed by atoms with Gasteiger partial charge >= 0.3 is 23.9 Å². The van der Waals surface area contributed by atoms with E-state index in [1.807, 2.05) is 55.0 Å². The largest absolute Gasteiger partial charge is 2.00 e. The molecule has 1 aromatic rings. The number of rotatable bonds is 1. The predicted molar refractivity (Wildman–Crippen MR) is 68.7 cm³/mol. The van der Waals surface area contributed by atoms with E-state index in [2.05, 4.69) is 12.6 Å². The fourth-order valence-corrected chi connectivity index (χ4v) is 1.04. The molecule has 1 aliphatic rings. The van der Waals surface area contributed by atoms with Crippen molar-refractivity contribution >= 4 is 23.9 Å². The normalized spacial score (nSPS) is 11.4. The molecule has 1 aliphatic carbocycles. The molecule has 4 radical (unpaired) electrons. The molecule has 0 heterocycles. The van der Waals surface area contributed by atoms with Gasteiger partial charge in [0.05, 0.1) is 7.11 Å². The van der Waals surface area contributed by atoms with E-state index in [0.717, 1.165) is 11.3 Å². The van der Waals surface area contributed by atoms with Crippen molar-refractivity contribution < 1.29 is 29.6 Å². The Morgan fingerprint density at radius 1 is 1.06 bits per heavy atom. The summed E-state index contributed by atoms with van der Waals surface area (Å²) in [7, 11) is 1.64. The maximum absolute atomic E-state index is 4.98. The molecule has 0 aromatic heterocycles. The van der Waals surface area contributed by atoms with Gasteiger partial charge in [0.15, 0.2) is 0 Å². The Morgan fingerprint density at radius 3 is 1.94 bits per heavy atom. The van der Waals surface area contributed by atoms with Gasteiger partial charge in [-0.05, 0) is 17.7 Å². The Labute approximate surface area is 139 Å². The van der Waals surface area contributed by atoms with Crippen LogP contribution in [0.1, 0.15) is 0 Å². The van der Waals surface area contributed by atoms with Crippen LogP contribution in [-0.2, 0) is 4.74 Å². The summed E-state index contributed by atoms with van der Waals surface area (Å²) in [6.07, 6.45) is 7.67. The Morgan fingerprint density at radius 2 is 1.67 bits per heavy atom. The third-order valence-corrected chi connectivity index (χ3v) is 1.80. The van der Waals surface area contributed by atoms with Gasteiger partial charge in [0.2, 0.25) is 0 Å². The summed E-state index contributed by atoms with van der Waals surface area (Å²) >= 11 is 0. The van der Waals surface area contributed by atoms with Crippen LogP contribution in [0.3, 0.4) is 0 Å². The summed E-state index contributed by atoms with van der Waals surface area (Å²) in [5.41, 5.74) is 0.931. The molecule has 94 valence electrons. The Bertz CT molecular complexity index is 335. The van der Waals surface area contributed by atoms with Crippen LogP contribution < -0.4 is 24.8 Å². The average Bonchev–Trinajstić information content (AvgIpc) is 2.33. The Kier molecular flexibility index (Phi) is 18.6. The van der Waals surface area contributed by atoms with E-state index in [1.54, 1.807) is 7.11 Å². The smallest absolute Gasteiger partial charge is 1.00 e. The van der Waals surface area contributed by atoms with E-state index in [-0.39, 0.29) is 48.7 Å². The molecule has 0 atom stereocenters. The summed E-state index contributed by atoms with van der Waals surface area (Å²) in [6, 6.07) is 12.5. The van der Waals surface area contributed by atoms with Gasteiger partial charge in [-0.3, -0.25) is 0 Å². The second-order valence-corrected chi connectivity index (χ2v) is 2.89. The number of ether oxygens (including phenoxy) is 1. The van der Waals surface area contributed by atoms with Gasteiger partial charge < -0.3 is 29.6 Å². The molecule has 1 nitrogen and oxygen atoms in total. The zero-order valence-corrected chi connectivity index (χ0v) is 14.4. The summed E-state index contributed by atoms with van der Waals surface area (Å²) in [4.78, 5) is 0. The van der Waals surface area contributed by atoms with E-state index in [9.17, 15) is 0 Å². The van der Waals surface area contributed by atoms with Crippen LogP contribution in [0.5, 0.6) is 0 Å². The third kappa shape index (κ3) is 9.63. The molecule has 0 amide bonds. The number of methoxy groups -OCH3 is 1. The van der Waals surface area contributed by atoms with Crippen LogP contribution in [0.2, 0.25) is 0 Å². The van der Waals surface area contributed by atoms with E-state index in [1.165, 1.54) is 0 Å². The van der Waals surface area contributed by atoms with Crippen LogP contribution in [0.25, 0.3) is 0 Å². The molecule has 0 bridgehead atoms. The number of benzene rings is 1. The van der Waals surface area contributed by atoms with Crippen LogP contribution in [-0.4, -0.2) is 31.0 Å². The first kappa shape index (κ1) is 22.8. The second-order valence-electron chi connectivity index (χ2n) is 2.89. The van der Waals surface area contributed by atoms with Crippen molar-refractivity contribution in [2.75, 3.05) is 7.11 Å². The van der Waals surface area contributed by atoms with Crippen LogP contribution in [0.4, 0.5) is 0 Å². The maximum atomic E-state index is 4.98. The molecule has 0 spiro atoms. The van der Waals surface area contributed by atoms with Gasteiger partial charge in [-0.15, -0.1) is 0 Å². The van der Waals surface area contributed by atoms with Crippen LogP contribution in [0.15, 0.2) is 66.5 Å². The summed E-state index contributed by atoms with van der Waals surface area (Å²) in [5, 5.41) is 0. The summed E-state index contributed by atoms with van der Waals surface area (Å²) < 4.78 is 4.98. The molecule has 18 heavy (non-hydrogen) atoms. The van der Waals surface area contributed by atoms with E-state index >= 15 is 0 Å². The number of hydrogen-bond acceptors (Lipinski definition) is 1. The van der Waals surface area contributed by atoms with Crippen molar-refractivity contribution in [1.29, 1.82) is 0 Å². The molecule has 4 heteroatoms. The molecule has 0 unspecified atom stereocenters. The van der Waals surface area contributed by atoms with Crippen molar-refractivity contribution in [3.05, 3.63) is 79.0 Å². The molecular formula is C14H14Cl2OSn. The second kappa shape index (κ2) is 14.7. The minimum absolute atomic E-state index is 0. The van der Waals surface area contributed by atoms with Crippen molar-refractivity contribution in [3.8, 4) is 0 Å². The van der Waals surface area contributed by atoms with E-state index in [0.29, 0.717) is 0 Å². The quantitative estimate of drug-likeness (QED) is 0.466. The number of hydrogen-bond donors (Lipinski definition) is 0. The molecule has 0 aliphatic heterocycles. The Balaban J connectivity index is -0.000000225. The average molecular weight is 388 g/mol. The van der Waals surface area contributed by atoms with Crippen LogP contribution in [0, 0.1) is 12.5 Å². The molecule has 1 aromatic carbocycles. The fourth-order valence-electron chi connectivity index (χ4n) is 1.04. The number of allylic oxidation sites excluding steroid dienone is 4. The standard InChI is InChI=1S/C8H9O.C6H5.2ClH.Sn/c1-7-5-3-4-6-8(7)9-2;1-2-4-6-5-3-1;;;/h3-6H,1H2,2H3;1-5H;2*1H;/q;;;;+2/p-2. The van der Waals surface area contributed by atoms with Gasteiger partial charge in [-0.25, -0.2) is 0 Å². The van der Waals surface area contributed by atoms with E-state index in [4.69, 9.17) is 4.74 Å². The molecule has 0 saturated heterocycles. The summed E-state index contributed by atoms with van der Waals surface area (Å²) in [6.45, 7) is 3.77. The van der Waals surface area contributed by atoms with Crippen molar-refractivity contribution in [1.82, 2.24) is 0 Å². The van der Waals surface area contributed by atoms with E-state index < -0.39 is 0 Å². The first-order chi connectivity index (χ1) is 7.34. The van der Waals surface area contributed by atoms with Gasteiger partial charge in [0.25, 0.3) is 0 Å². The van der Waals surface area contributed by atoms with Crippen molar-refractivity contribution in [3.63, 3.8) is 0 Å². The predicted octanol–water partition coefficient (Wildman–Crippen LogP) is -3.04.